The van der Waals surface area contributed by atoms with Gasteiger partial charge in [-0.1, -0.05) is 37.6 Å². The smallest absolute Gasteiger partial charge is 0.339 e. The van der Waals surface area contributed by atoms with Gasteiger partial charge in [-0.2, -0.15) is 8.42 Å². The fraction of sp³-hybridized carbons (Fsp3) is 0.214. The van der Waals surface area contributed by atoms with E-state index in [1.165, 1.54) is 30.5 Å². The number of nitrogens with zero attached hydrogens (tertiary/aromatic N) is 1. The zero-order valence-electron chi connectivity index (χ0n) is 11.1. The molecule has 0 saturated carbocycles. The molecule has 0 atom stereocenters. The molecule has 0 saturated heterocycles. The first-order chi connectivity index (χ1) is 9.38. The van der Waals surface area contributed by atoms with E-state index < -0.39 is 10.1 Å². The van der Waals surface area contributed by atoms with Crippen molar-refractivity contribution in [2.45, 2.75) is 24.7 Å². The third-order valence-corrected chi connectivity index (χ3v) is 4.23. The maximum Gasteiger partial charge on any atom is 0.339 e. The molecule has 0 N–H and O–H groups in total. The largest absolute Gasteiger partial charge is 0.377 e. The maximum atomic E-state index is 12.1. The molecule has 2 rings (SSSR count). The standard InChI is InChI=1S/C14H14ClNO3S/c1-10(2)11-3-6-13(7-4-11)20(17,18)19-12-5-8-14(15)16-9-12/h3-10H,1-2H3. The molecule has 6 heteroatoms. The molecule has 0 spiro atoms. The van der Waals surface area contributed by atoms with Gasteiger partial charge in [-0.05, 0) is 35.7 Å². The van der Waals surface area contributed by atoms with Crippen molar-refractivity contribution in [1.29, 1.82) is 0 Å². The Hall–Kier alpha value is -1.59. The molecule has 20 heavy (non-hydrogen) atoms. The summed E-state index contributed by atoms with van der Waals surface area (Å²) in [5.41, 5.74) is 1.07. The van der Waals surface area contributed by atoms with Crippen LogP contribution in [0, 0.1) is 0 Å². The summed E-state index contributed by atoms with van der Waals surface area (Å²) in [7, 11) is -3.85. The van der Waals surface area contributed by atoms with Crippen molar-refractivity contribution in [2.24, 2.45) is 0 Å². The molecule has 0 aliphatic carbocycles. The second-order valence-electron chi connectivity index (χ2n) is 4.58. The van der Waals surface area contributed by atoms with E-state index >= 15 is 0 Å². The van der Waals surface area contributed by atoms with Crippen molar-refractivity contribution >= 4 is 21.7 Å². The molecule has 106 valence electrons. The van der Waals surface area contributed by atoms with Crippen molar-refractivity contribution in [1.82, 2.24) is 4.98 Å². The molecule has 0 fully saturated rings. The van der Waals surface area contributed by atoms with Crippen molar-refractivity contribution in [3.05, 3.63) is 53.3 Å². The SMILES string of the molecule is CC(C)c1ccc(S(=O)(=O)Oc2ccc(Cl)nc2)cc1. The molecule has 1 aromatic carbocycles. The van der Waals surface area contributed by atoms with Gasteiger partial charge in [-0.15, -0.1) is 0 Å². The normalized spacial score (nSPS) is 11.6. The Balaban J connectivity index is 2.23. The lowest BCUT2D eigenvalue weighted by atomic mass is 10.0. The van der Waals surface area contributed by atoms with Crippen LogP contribution in [0.2, 0.25) is 5.15 Å². The summed E-state index contributed by atoms with van der Waals surface area (Å²) in [6, 6.07) is 9.55. The van der Waals surface area contributed by atoms with Crippen LogP contribution < -0.4 is 4.18 Å². The number of rotatable bonds is 4. The summed E-state index contributed by atoms with van der Waals surface area (Å²) in [5, 5.41) is 0.274. The van der Waals surface area contributed by atoms with Crippen LogP contribution in [0.1, 0.15) is 25.3 Å². The van der Waals surface area contributed by atoms with Crippen LogP contribution in [0.15, 0.2) is 47.5 Å². The van der Waals surface area contributed by atoms with Gasteiger partial charge < -0.3 is 4.18 Å². The van der Waals surface area contributed by atoms with E-state index in [-0.39, 0.29) is 15.8 Å². The Morgan fingerprint density at radius 3 is 2.25 bits per heavy atom. The Labute approximate surface area is 123 Å². The van der Waals surface area contributed by atoms with Crippen LogP contribution >= 0.6 is 11.6 Å². The van der Waals surface area contributed by atoms with Crippen LogP contribution in [-0.4, -0.2) is 13.4 Å². The summed E-state index contributed by atoms with van der Waals surface area (Å²) >= 11 is 5.63. The predicted octanol–water partition coefficient (Wildman–Crippen LogP) is 3.63. The number of hydrogen-bond donors (Lipinski definition) is 0. The van der Waals surface area contributed by atoms with Gasteiger partial charge in [0.25, 0.3) is 0 Å². The molecular formula is C14H14ClNO3S. The quantitative estimate of drug-likeness (QED) is 0.639. The van der Waals surface area contributed by atoms with Crippen molar-refractivity contribution in [3.8, 4) is 5.75 Å². The molecular weight excluding hydrogens is 298 g/mol. The van der Waals surface area contributed by atoms with E-state index in [1.807, 2.05) is 13.8 Å². The fourth-order valence-corrected chi connectivity index (χ4v) is 2.64. The van der Waals surface area contributed by atoms with Crippen molar-refractivity contribution < 1.29 is 12.6 Å². The molecule has 0 amide bonds. The number of hydrogen-bond acceptors (Lipinski definition) is 4. The zero-order chi connectivity index (χ0) is 14.8. The number of benzene rings is 1. The van der Waals surface area contributed by atoms with E-state index in [1.54, 1.807) is 12.1 Å². The summed E-state index contributed by atoms with van der Waals surface area (Å²) in [4.78, 5) is 3.88. The third kappa shape index (κ3) is 3.49. The average Bonchev–Trinajstić information content (AvgIpc) is 2.41. The lowest BCUT2D eigenvalue weighted by molar-refractivity contribution is 0.485. The highest BCUT2D eigenvalue weighted by Gasteiger charge is 2.17. The second-order valence-corrected chi connectivity index (χ2v) is 6.51. The molecule has 0 unspecified atom stereocenters. The monoisotopic (exact) mass is 311 g/mol. The third-order valence-electron chi connectivity index (χ3n) is 2.74. The van der Waals surface area contributed by atoms with E-state index in [4.69, 9.17) is 15.8 Å². The van der Waals surface area contributed by atoms with E-state index in [2.05, 4.69) is 4.98 Å². The van der Waals surface area contributed by atoms with Crippen LogP contribution in [0.5, 0.6) is 5.75 Å². The number of aromatic nitrogens is 1. The van der Waals surface area contributed by atoms with E-state index in [0.717, 1.165) is 5.56 Å². The molecule has 2 aromatic rings. The number of halogens is 1. The van der Waals surface area contributed by atoms with Gasteiger partial charge in [0.1, 0.15) is 10.0 Å². The molecule has 0 bridgehead atoms. The highest BCUT2D eigenvalue weighted by Crippen LogP contribution is 2.21. The Bertz CT molecular complexity index is 679. The van der Waals surface area contributed by atoms with Gasteiger partial charge in [0.2, 0.25) is 0 Å². The first-order valence-corrected chi connectivity index (χ1v) is 7.83. The number of pyridine rings is 1. The maximum absolute atomic E-state index is 12.1. The lowest BCUT2D eigenvalue weighted by Gasteiger charge is -2.09. The topological polar surface area (TPSA) is 56.3 Å². The highest BCUT2D eigenvalue weighted by molar-refractivity contribution is 7.87. The highest BCUT2D eigenvalue weighted by atomic mass is 35.5. The van der Waals surface area contributed by atoms with Crippen LogP contribution in [0.4, 0.5) is 0 Å². The first-order valence-electron chi connectivity index (χ1n) is 6.04. The molecule has 0 aliphatic heterocycles. The molecule has 1 aromatic heterocycles. The van der Waals surface area contributed by atoms with Gasteiger partial charge in [0.15, 0.2) is 5.75 Å². The van der Waals surface area contributed by atoms with Crippen LogP contribution in [-0.2, 0) is 10.1 Å². The Morgan fingerprint density at radius 2 is 1.75 bits per heavy atom. The van der Waals surface area contributed by atoms with Gasteiger partial charge in [0.05, 0.1) is 6.20 Å². The second kappa shape index (κ2) is 5.81. The van der Waals surface area contributed by atoms with Crippen molar-refractivity contribution in [3.63, 3.8) is 0 Å². The minimum atomic E-state index is -3.85. The van der Waals surface area contributed by atoms with E-state index in [0.29, 0.717) is 5.92 Å². The van der Waals surface area contributed by atoms with Crippen LogP contribution in [0.3, 0.4) is 0 Å². The molecule has 0 radical (unpaired) electrons. The summed E-state index contributed by atoms with van der Waals surface area (Å²) in [6.07, 6.45) is 1.27. The summed E-state index contributed by atoms with van der Waals surface area (Å²) < 4.78 is 29.2. The molecule has 4 nitrogen and oxygen atoms in total. The predicted molar refractivity (Wildman–Crippen MR) is 77.6 cm³/mol. The van der Waals surface area contributed by atoms with Gasteiger partial charge in [-0.25, -0.2) is 4.98 Å². The minimum Gasteiger partial charge on any atom is -0.377 e. The summed E-state index contributed by atoms with van der Waals surface area (Å²) in [5.74, 6) is 0.468. The van der Waals surface area contributed by atoms with Gasteiger partial charge in [-0.3, -0.25) is 0 Å². The first kappa shape index (κ1) is 14.8. The fourth-order valence-electron chi connectivity index (χ4n) is 1.61. The molecule has 0 aliphatic rings. The van der Waals surface area contributed by atoms with Crippen molar-refractivity contribution in [2.75, 3.05) is 0 Å². The van der Waals surface area contributed by atoms with E-state index in [9.17, 15) is 8.42 Å². The average molecular weight is 312 g/mol. The molecule has 1 heterocycles. The lowest BCUT2D eigenvalue weighted by Crippen LogP contribution is -2.10. The zero-order valence-corrected chi connectivity index (χ0v) is 12.6. The Kier molecular flexibility index (Phi) is 4.30. The van der Waals surface area contributed by atoms with Crippen LogP contribution in [0.25, 0.3) is 0 Å². The van der Waals surface area contributed by atoms with Gasteiger partial charge >= 0.3 is 10.1 Å². The summed E-state index contributed by atoms with van der Waals surface area (Å²) in [6.45, 7) is 4.08. The Morgan fingerprint density at radius 1 is 1.10 bits per heavy atom. The minimum absolute atomic E-state index is 0.108. The van der Waals surface area contributed by atoms with Gasteiger partial charge in [0, 0.05) is 0 Å².